The Morgan fingerprint density at radius 1 is 0.833 bits per heavy atom. The molecule has 2 rings (SSSR count). The van der Waals surface area contributed by atoms with Gasteiger partial charge in [-0.2, -0.15) is 0 Å². The summed E-state index contributed by atoms with van der Waals surface area (Å²) in [6.45, 7) is 0. The highest BCUT2D eigenvalue weighted by atomic mass is 16.5. The molecule has 0 bridgehead atoms. The first-order valence-corrected chi connectivity index (χ1v) is 5.26. The van der Waals surface area contributed by atoms with Crippen LogP contribution in [0.4, 0.5) is 5.69 Å². The maximum atomic E-state index is 7.53. The van der Waals surface area contributed by atoms with Crippen LogP contribution in [-0.2, 0) is 4.57 Å². The van der Waals surface area contributed by atoms with Crippen molar-refractivity contribution >= 4 is 21.1 Å². The summed E-state index contributed by atoms with van der Waals surface area (Å²) in [4.78, 5) is 0. The van der Waals surface area contributed by atoms with Gasteiger partial charge in [-0.25, -0.2) is 0 Å². The molecular formula is C12H13B2NO3. The van der Waals surface area contributed by atoms with Crippen LogP contribution >= 0.6 is 0 Å². The standard InChI is InChI=1S/C12H11N.B2H2O3/c13-12-8-4-7-11(9-12)10-5-2-1-3-6-10;3-1-5-2-4/h1-9H,13H2;3-4H. The molecule has 0 atom stereocenters. The molecule has 90 valence electrons. The van der Waals surface area contributed by atoms with E-state index in [9.17, 15) is 0 Å². The van der Waals surface area contributed by atoms with Gasteiger partial charge in [0.1, 0.15) is 0 Å². The molecule has 0 aromatic heterocycles. The van der Waals surface area contributed by atoms with Crippen LogP contribution in [0.2, 0.25) is 0 Å². The Kier molecular flexibility index (Phi) is 6.64. The Morgan fingerprint density at radius 3 is 1.94 bits per heavy atom. The lowest BCUT2D eigenvalue weighted by Crippen LogP contribution is -2.00. The van der Waals surface area contributed by atoms with Gasteiger partial charge in [0.25, 0.3) is 0 Å². The maximum absolute atomic E-state index is 7.53. The Balaban J connectivity index is 0.000000280. The molecule has 2 radical (unpaired) electrons. The molecule has 6 heteroatoms. The summed E-state index contributed by atoms with van der Waals surface area (Å²) >= 11 is 0. The zero-order valence-electron chi connectivity index (χ0n) is 9.73. The number of rotatable bonds is 3. The zero-order valence-corrected chi connectivity index (χ0v) is 9.73. The van der Waals surface area contributed by atoms with Crippen molar-refractivity contribution in [2.45, 2.75) is 0 Å². The topological polar surface area (TPSA) is 75.7 Å². The van der Waals surface area contributed by atoms with Gasteiger partial charge in [0, 0.05) is 5.69 Å². The molecule has 0 aliphatic carbocycles. The van der Waals surface area contributed by atoms with E-state index in [0.29, 0.717) is 15.4 Å². The van der Waals surface area contributed by atoms with Crippen molar-refractivity contribution in [2.24, 2.45) is 0 Å². The summed E-state index contributed by atoms with van der Waals surface area (Å²) in [5, 5.41) is 15.1. The number of nitrogen functional groups attached to an aromatic ring is 1. The Morgan fingerprint density at radius 2 is 1.44 bits per heavy atom. The van der Waals surface area contributed by atoms with Crippen molar-refractivity contribution in [1.82, 2.24) is 0 Å². The second kappa shape index (κ2) is 8.36. The third-order valence-corrected chi connectivity index (χ3v) is 2.12. The van der Waals surface area contributed by atoms with Gasteiger partial charge in [-0.3, -0.25) is 0 Å². The molecule has 0 amide bonds. The predicted molar refractivity (Wildman–Crippen MR) is 73.3 cm³/mol. The third-order valence-electron chi connectivity index (χ3n) is 2.12. The Hall–Kier alpha value is -1.75. The van der Waals surface area contributed by atoms with Gasteiger partial charge in [-0.1, -0.05) is 42.5 Å². The van der Waals surface area contributed by atoms with Crippen LogP contribution in [-0.4, -0.2) is 25.4 Å². The third kappa shape index (κ3) is 5.05. The molecule has 4 N–H and O–H groups in total. The molecule has 2 aromatic carbocycles. The number of nitrogens with two attached hydrogens (primary N) is 1. The van der Waals surface area contributed by atoms with Crippen molar-refractivity contribution in [3.05, 3.63) is 54.6 Å². The highest BCUT2D eigenvalue weighted by molar-refractivity contribution is 6.32. The smallest absolute Gasteiger partial charge is 0.456 e. The second-order valence-electron chi connectivity index (χ2n) is 3.34. The SMILES string of the molecule is Nc1cccc(-c2ccccc2)c1.O[B]O[B]O. The Bertz CT molecular complexity index is 452. The lowest BCUT2D eigenvalue weighted by atomic mass is 10.1. The molecule has 4 nitrogen and oxygen atoms in total. The molecule has 0 saturated heterocycles. The van der Waals surface area contributed by atoms with E-state index in [1.165, 1.54) is 11.1 Å². The summed E-state index contributed by atoms with van der Waals surface area (Å²) in [5.41, 5.74) is 8.87. The highest BCUT2D eigenvalue weighted by Crippen LogP contribution is 2.20. The van der Waals surface area contributed by atoms with E-state index < -0.39 is 0 Å². The predicted octanol–water partition coefficient (Wildman–Crippen LogP) is 0.992. The van der Waals surface area contributed by atoms with E-state index in [0.717, 1.165) is 5.69 Å². The van der Waals surface area contributed by atoms with Crippen LogP contribution in [0.25, 0.3) is 11.1 Å². The second-order valence-corrected chi connectivity index (χ2v) is 3.34. The van der Waals surface area contributed by atoms with E-state index in [1.54, 1.807) is 0 Å². The fourth-order valence-corrected chi connectivity index (χ4v) is 1.38. The molecule has 18 heavy (non-hydrogen) atoms. The first kappa shape index (κ1) is 14.3. The van der Waals surface area contributed by atoms with Crippen LogP contribution in [0.3, 0.4) is 0 Å². The van der Waals surface area contributed by atoms with E-state index in [1.807, 2.05) is 36.4 Å². The summed E-state index contributed by atoms with van der Waals surface area (Å²) in [5.74, 6) is 0. The van der Waals surface area contributed by atoms with Crippen molar-refractivity contribution in [3.8, 4) is 11.1 Å². The van der Waals surface area contributed by atoms with Gasteiger partial charge in [-0.15, -0.1) is 0 Å². The highest BCUT2D eigenvalue weighted by Gasteiger charge is 1.94. The monoisotopic (exact) mass is 241 g/mol. The van der Waals surface area contributed by atoms with Crippen LogP contribution in [0.15, 0.2) is 54.6 Å². The molecule has 0 heterocycles. The van der Waals surface area contributed by atoms with Gasteiger partial charge in [-0.05, 0) is 23.3 Å². The summed E-state index contributed by atoms with van der Waals surface area (Å²) < 4.78 is 3.69. The van der Waals surface area contributed by atoms with Gasteiger partial charge in [0.15, 0.2) is 0 Å². The van der Waals surface area contributed by atoms with Gasteiger partial charge in [0.05, 0.1) is 0 Å². The van der Waals surface area contributed by atoms with Crippen molar-refractivity contribution in [3.63, 3.8) is 0 Å². The van der Waals surface area contributed by atoms with Gasteiger partial charge >= 0.3 is 15.4 Å². The first-order chi connectivity index (χ1) is 8.77. The summed E-state index contributed by atoms with van der Waals surface area (Å²) in [6, 6.07) is 18.1. The quantitative estimate of drug-likeness (QED) is 0.553. The number of anilines is 1. The largest absolute Gasteiger partial charge is 0.469 e. The minimum atomic E-state index is 0.375. The Labute approximate surface area is 108 Å². The van der Waals surface area contributed by atoms with E-state index in [-0.39, 0.29) is 0 Å². The fourth-order valence-electron chi connectivity index (χ4n) is 1.38. The molecule has 0 aliphatic heterocycles. The minimum absolute atomic E-state index is 0.375. The maximum Gasteiger partial charge on any atom is 0.469 e. The van der Waals surface area contributed by atoms with Gasteiger partial charge in [0.2, 0.25) is 0 Å². The van der Waals surface area contributed by atoms with E-state index >= 15 is 0 Å². The molecule has 0 aliphatic rings. The number of benzene rings is 2. The molecular weight excluding hydrogens is 228 g/mol. The van der Waals surface area contributed by atoms with Crippen LogP contribution in [0.1, 0.15) is 0 Å². The molecule has 0 unspecified atom stereocenters. The summed E-state index contributed by atoms with van der Waals surface area (Å²) in [7, 11) is 0.750. The molecule has 2 aromatic rings. The van der Waals surface area contributed by atoms with Crippen molar-refractivity contribution in [2.75, 3.05) is 5.73 Å². The fraction of sp³-hybridized carbons (Fsp3) is 0. The average Bonchev–Trinajstić information content (AvgIpc) is 2.41. The number of hydrogen-bond donors (Lipinski definition) is 3. The van der Waals surface area contributed by atoms with E-state index in [4.69, 9.17) is 15.8 Å². The number of hydrogen-bond acceptors (Lipinski definition) is 4. The van der Waals surface area contributed by atoms with Crippen LogP contribution in [0.5, 0.6) is 0 Å². The van der Waals surface area contributed by atoms with Crippen molar-refractivity contribution < 1.29 is 14.6 Å². The summed E-state index contributed by atoms with van der Waals surface area (Å²) in [6.07, 6.45) is 0. The van der Waals surface area contributed by atoms with E-state index in [2.05, 4.69) is 22.8 Å². The molecule has 0 saturated carbocycles. The lowest BCUT2D eigenvalue weighted by molar-refractivity contribution is 0.408. The average molecular weight is 241 g/mol. The lowest BCUT2D eigenvalue weighted by Gasteiger charge is -2.01. The van der Waals surface area contributed by atoms with Crippen LogP contribution < -0.4 is 5.73 Å². The molecule has 0 spiro atoms. The van der Waals surface area contributed by atoms with Gasteiger partial charge < -0.3 is 20.4 Å². The minimum Gasteiger partial charge on any atom is -0.456 e. The normalized spacial score (nSPS) is 9.00. The van der Waals surface area contributed by atoms with Crippen LogP contribution in [0, 0.1) is 0 Å². The molecule has 0 fully saturated rings. The first-order valence-electron chi connectivity index (χ1n) is 5.26. The zero-order chi connectivity index (χ0) is 13.2. The van der Waals surface area contributed by atoms with Crippen molar-refractivity contribution in [1.29, 1.82) is 0 Å².